The molecule has 21 heteroatoms. The lowest BCUT2D eigenvalue weighted by Crippen LogP contribution is -2.71. The largest absolute Gasteiger partial charge is 0.477 e. The number of anilines is 1. The number of rotatable bonds is 10. The van der Waals surface area contributed by atoms with Crippen LogP contribution >= 0.6 is 34.9 Å². The summed E-state index contributed by atoms with van der Waals surface area (Å²) in [5.41, 5.74) is 5.98. The standard InChI is InChI=1S/C25H19N9O9S3/c1-9-5-13(34-25(27-9)30-17(31-34)22(39)40)44-6-10-7-45-20-15(19(36)33(20)16(10)21(37)38)29-18(35)14(11-8-46-24(26)28-11)32-43-23(41)12-3-2-4-42-12/h2-5,8,15,20H,6-7H2,1H3,(H2,26,28)(H,29,35)(H,37,38)(H,39,40)/b32-14-/t15-,20-/m1/s1. The Labute approximate surface area is 268 Å². The molecule has 0 aromatic carbocycles. The van der Waals surface area contributed by atoms with Gasteiger partial charge in [-0.3, -0.25) is 14.5 Å². The van der Waals surface area contributed by atoms with Crippen molar-refractivity contribution in [3.8, 4) is 0 Å². The van der Waals surface area contributed by atoms with Crippen LogP contribution < -0.4 is 11.1 Å². The fourth-order valence-corrected chi connectivity index (χ4v) is 7.52. The number of thioether (sulfide) groups is 2. The van der Waals surface area contributed by atoms with E-state index in [-0.39, 0.29) is 39.6 Å². The molecule has 0 spiro atoms. The number of carbonyl (C=O) groups is 5. The summed E-state index contributed by atoms with van der Waals surface area (Å²) in [5, 5.41) is 30.7. The van der Waals surface area contributed by atoms with Gasteiger partial charge in [0, 0.05) is 22.6 Å². The number of amides is 2. The number of nitrogens with two attached hydrogens (primary N) is 1. The van der Waals surface area contributed by atoms with Crippen LogP contribution in [0.15, 0.2) is 55.7 Å². The van der Waals surface area contributed by atoms with E-state index >= 15 is 0 Å². The molecule has 5 N–H and O–H groups in total. The third-order valence-electron chi connectivity index (χ3n) is 6.45. The Kier molecular flexibility index (Phi) is 8.19. The highest BCUT2D eigenvalue weighted by Gasteiger charge is 2.54. The maximum absolute atomic E-state index is 13.3. The number of carboxylic acid groups (broad SMARTS) is 2. The number of carbonyl (C=O) groups excluding carboxylic acids is 3. The first-order valence-corrected chi connectivity index (χ1v) is 15.8. The molecule has 0 unspecified atom stereocenters. The van der Waals surface area contributed by atoms with E-state index in [0.717, 1.165) is 16.2 Å². The van der Waals surface area contributed by atoms with Gasteiger partial charge in [0.2, 0.25) is 5.76 Å². The molecule has 4 aromatic heterocycles. The predicted octanol–water partition coefficient (Wildman–Crippen LogP) is 0.855. The number of β-lactam (4-membered cyclic amide) rings is 1. The van der Waals surface area contributed by atoms with Crippen molar-refractivity contribution < 1.29 is 43.4 Å². The zero-order chi connectivity index (χ0) is 32.7. The van der Waals surface area contributed by atoms with Crippen molar-refractivity contribution in [2.45, 2.75) is 23.4 Å². The molecule has 6 rings (SSSR count). The highest BCUT2D eigenvalue weighted by atomic mass is 32.2. The van der Waals surface area contributed by atoms with E-state index in [4.69, 9.17) is 15.0 Å². The van der Waals surface area contributed by atoms with Crippen LogP contribution in [0.1, 0.15) is 32.6 Å². The molecule has 4 aromatic rings. The van der Waals surface area contributed by atoms with Gasteiger partial charge in [0.15, 0.2) is 10.8 Å². The molecular formula is C25H19N9O9S3. The van der Waals surface area contributed by atoms with Crippen LogP contribution in [0.3, 0.4) is 0 Å². The average molecular weight is 686 g/mol. The first-order valence-electron chi connectivity index (χ1n) is 12.9. The third-order valence-corrected chi connectivity index (χ3v) is 9.54. The minimum atomic E-state index is -1.34. The van der Waals surface area contributed by atoms with Crippen LogP contribution in [0.4, 0.5) is 5.13 Å². The number of oxime groups is 1. The number of aromatic carboxylic acids is 1. The number of aryl methyl sites for hydroxylation is 1. The van der Waals surface area contributed by atoms with Gasteiger partial charge < -0.3 is 30.5 Å². The van der Waals surface area contributed by atoms with Crippen molar-refractivity contribution in [1.29, 1.82) is 0 Å². The fraction of sp³-hybridized carbons (Fsp3) is 0.200. The smallest absolute Gasteiger partial charge is 0.400 e. The van der Waals surface area contributed by atoms with Crippen LogP contribution in [0.25, 0.3) is 5.78 Å². The monoisotopic (exact) mass is 685 g/mol. The van der Waals surface area contributed by atoms with Gasteiger partial charge in [0.25, 0.3) is 23.4 Å². The van der Waals surface area contributed by atoms with Crippen molar-refractivity contribution in [3.63, 3.8) is 0 Å². The molecule has 0 saturated carbocycles. The van der Waals surface area contributed by atoms with Gasteiger partial charge in [0.1, 0.15) is 27.8 Å². The normalized spacial score (nSPS) is 17.9. The quantitative estimate of drug-likeness (QED) is 0.0450. The summed E-state index contributed by atoms with van der Waals surface area (Å²) < 4.78 is 6.21. The highest BCUT2D eigenvalue weighted by Crippen LogP contribution is 2.41. The van der Waals surface area contributed by atoms with Crippen molar-refractivity contribution in [2.75, 3.05) is 17.2 Å². The lowest BCUT2D eigenvalue weighted by atomic mass is 10.0. The molecule has 2 aliphatic heterocycles. The minimum Gasteiger partial charge on any atom is -0.477 e. The number of aromatic nitrogens is 5. The van der Waals surface area contributed by atoms with Gasteiger partial charge >= 0.3 is 17.9 Å². The van der Waals surface area contributed by atoms with Crippen molar-refractivity contribution >= 4 is 81.2 Å². The molecule has 2 atom stereocenters. The molecule has 1 fully saturated rings. The number of nitrogen functional groups attached to an aromatic ring is 1. The summed E-state index contributed by atoms with van der Waals surface area (Å²) in [6.07, 6.45) is 1.25. The average Bonchev–Trinajstić information content (AvgIpc) is 3.79. The number of carboxylic acids is 2. The Balaban J connectivity index is 1.20. The number of aliphatic carboxylic acids is 1. The lowest BCUT2D eigenvalue weighted by molar-refractivity contribution is -0.150. The second-order valence-electron chi connectivity index (χ2n) is 9.46. The van der Waals surface area contributed by atoms with Crippen LogP contribution in [0.5, 0.6) is 0 Å². The number of thiazole rings is 1. The Morgan fingerprint density at radius 3 is 2.72 bits per heavy atom. The molecule has 236 valence electrons. The van der Waals surface area contributed by atoms with Crippen molar-refractivity contribution in [1.82, 2.24) is 34.8 Å². The topological polar surface area (TPSA) is 258 Å². The summed E-state index contributed by atoms with van der Waals surface area (Å²) in [4.78, 5) is 80.6. The number of fused-ring (bicyclic) bond motifs is 2. The zero-order valence-electron chi connectivity index (χ0n) is 23.1. The van der Waals surface area contributed by atoms with Gasteiger partial charge in [-0.25, -0.2) is 24.4 Å². The van der Waals surface area contributed by atoms with Crippen LogP contribution in [0, 0.1) is 6.92 Å². The fourth-order valence-electron chi connectivity index (χ4n) is 4.44. The Hall–Kier alpha value is -5.28. The van der Waals surface area contributed by atoms with Crippen LogP contribution in [-0.2, 0) is 19.2 Å². The van der Waals surface area contributed by atoms with Crippen molar-refractivity contribution in [3.05, 3.63) is 64.1 Å². The summed E-state index contributed by atoms with van der Waals surface area (Å²) in [6.45, 7) is 1.69. The number of furan rings is 1. The third kappa shape index (κ3) is 5.77. The zero-order valence-corrected chi connectivity index (χ0v) is 25.6. The molecule has 0 bridgehead atoms. The lowest BCUT2D eigenvalue weighted by Gasteiger charge is -2.49. The molecule has 0 radical (unpaired) electrons. The van der Waals surface area contributed by atoms with Crippen molar-refractivity contribution in [2.24, 2.45) is 5.16 Å². The summed E-state index contributed by atoms with van der Waals surface area (Å²) in [5.74, 6) is -5.46. The van der Waals surface area contributed by atoms with Gasteiger partial charge in [-0.1, -0.05) is 5.16 Å². The van der Waals surface area contributed by atoms with E-state index in [1.54, 1.807) is 13.0 Å². The highest BCUT2D eigenvalue weighted by molar-refractivity contribution is 8.01. The molecule has 2 aliphatic rings. The van der Waals surface area contributed by atoms with E-state index in [9.17, 15) is 34.2 Å². The van der Waals surface area contributed by atoms with Crippen LogP contribution in [-0.4, -0.2) is 98.0 Å². The van der Waals surface area contributed by atoms with E-state index in [0.29, 0.717) is 16.3 Å². The number of hydrogen-bond acceptors (Lipinski definition) is 16. The second kappa shape index (κ2) is 12.3. The molecular weight excluding hydrogens is 667 g/mol. The van der Waals surface area contributed by atoms with Gasteiger partial charge in [-0.05, 0) is 30.7 Å². The SMILES string of the molecule is Cc1cc(SCC2=C(C(=O)O)N3C(=O)[C@@H](NC(=O)/C(=N\OC(=O)c4ccco4)c4csc(N)n4)[C@H]3SC2)n2nc(C(=O)O)nc2n1. The molecule has 0 aliphatic carbocycles. The Morgan fingerprint density at radius 2 is 2.04 bits per heavy atom. The van der Waals surface area contributed by atoms with E-state index in [2.05, 4.69) is 30.5 Å². The number of nitrogens with one attached hydrogen (secondary N) is 1. The summed E-state index contributed by atoms with van der Waals surface area (Å²) >= 11 is 3.41. The summed E-state index contributed by atoms with van der Waals surface area (Å²) in [6, 6.07) is 3.32. The Bertz CT molecular complexity index is 1990. The number of hydrogen-bond donors (Lipinski definition) is 4. The van der Waals surface area contributed by atoms with Gasteiger partial charge in [0.05, 0.1) is 6.26 Å². The molecule has 6 heterocycles. The number of nitrogens with zero attached hydrogens (tertiary/aromatic N) is 7. The van der Waals surface area contributed by atoms with E-state index in [1.165, 1.54) is 51.8 Å². The maximum Gasteiger partial charge on any atom is 0.400 e. The molecule has 46 heavy (non-hydrogen) atoms. The first kappa shape index (κ1) is 30.7. The van der Waals surface area contributed by atoms with E-state index in [1.807, 2.05) is 0 Å². The maximum atomic E-state index is 13.3. The van der Waals surface area contributed by atoms with E-state index < -0.39 is 52.7 Å². The predicted molar refractivity (Wildman–Crippen MR) is 160 cm³/mol. The molecule has 2 amide bonds. The molecule has 1 saturated heterocycles. The summed E-state index contributed by atoms with van der Waals surface area (Å²) in [7, 11) is 0. The Morgan fingerprint density at radius 1 is 1.24 bits per heavy atom. The van der Waals surface area contributed by atoms with Gasteiger partial charge in [-0.15, -0.1) is 40.0 Å². The second-order valence-corrected chi connectivity index (χ2v) is 12.5. The minimum absolute atomic E-state index is 0.0130. The molecule has 18 nitrogen and oxygen atoms in total. The van der Waals surface area contributed by atoms with Gasteiger partial charge in [-0.2, -0.15) is 9.50 Å². The first-order chi connectivity index (χ1) is 22.0. The van der Waals surface area contributed by atoms with Crippen LogP contribution in [0.2, 0.25) is 0 Å².